The second kappa shape index (κ2) is 7.72. The SMILES string of the molecule is CCC(F)(F)C(F)(F)C(F)(F)C(F)(F)C(F)(F)C(F)(F)C(F)(F)C(F)(F)C(F)(F)C(F)(F)S. The van der Waals surface area contributed by atoms with Crippen LogP contribution in [0, 0.1) is 0 Å². The minimum absolute atomic E-state index is 0.163. The number of thiol groups is 1. The van der Waals surface area contributed by atoms with Gasteiger partial charge < -0.3 is 0 Å². The Kier molecular flexibility index (Phi) is 7.48. The minimum atomic E-state index is -8.99. The normalized spacial score (nSPS) is 16.9. The first kappa shape index (κ1) is 31.9. The van der Waals surface area contributed by atoms with E-state index in [4.69, 9.17) is 0 Å². The largest absolute Gasteiger partial charge is 0.387 e. The molecule has 0 atom stereocenters. The van der Waals surface area contributed by atoms with Crippen LogP contribution in [0.15, 0.2) is 0 Å². The van der Waals surface area contributed by atoms with Crippen molar-refractivity contribution in [3.8, 4) is 0 Å². The average Bonchev–Trinajstić information content (AvgIpc) is 2.59. The summed E-state index contributed by atoms with van der Waals surface area (Å²) >= 11 is 1.33. The van der Waals surface area contributed by atoms with Gasteiger partial charge in [0.2, 0.25) is 0 Å². The van der Waals surface area contributed by atoms with E-state index >= 15 is 0 Å². The third-order valence-corrected chi connectivity index (χ3v) is 4.32. The van der Waals surface area contributed by atoms with Crippen LogP contribution in [0.4, 0.5) is 87.8 Å². The summed E-state index contributed by atoms with van der Waals surface area (Å²) in [5, 5.41) is -6.78. The lowest BCUT2D eigenvalue weighted by Gasteiger charge is -2.44. The Balaban J connectivity index is 7.03. The van der Waals surface area contributed by atoms with E-state index in [1.165, 1.54) is 12.6 Å². The van der Waals surface area contributed by atoms with Gasteiger partial charge in [-0.15, -0.1) is 0 Å². The van der Waals surface area contributed by atoms with Gasteiger partial charge >= 0.3 is 58.6 Å². The first-order valence-corrected chi connectivity index (χ1v) is 7.76. The molecule has 0 aliphatic carbocycles. The topological polar surface area (TPSA) is 0 Å². The standard InChI is InChI=1S/C12H6F20S/c1-2-3(13,14)4(15,16)5(17,18)6(19,20)7(21,22)8(23,24)9(25,26)10(27,28)11(29,30)12(31,32)33/h33H,2H2,1H3. The summed E-state index contributed by atoms with van der Waals surface area (Å²) in [5.41, 5.74) is 0. The Bertz CT molecular complexity index is 715. The molecule has 0 aliphatic heterocycles. The minimum Gasteiger partial charge on any atom is -0.200 e. The fourth-order valence-corrected chi connectivity index (χ4v) is 1.96. The van der Waals surface area contributed by atoms with E-state index in [0.717, 1.165) is 0 Å². The maximum atomic E-state index is 13.4. The van der Waals surface area contributed by atoms with Gasteiger partial charge in [-0.1, -0.05) is 19.6 Å². The predicted molar refractivity (Wildman–Crippen MR) is 68.7 cm³/mol. The smallest absolute Gasteiger partial charge is 0.200 e. The maximum absolute atomic E-state index is 13.4. The molecule has 0 rings (SSSR count). The molecular weight excluding hydrogens is 556 g/mol. The van der Waals surface area contributed by atoms with Crippen molar-refractivity contribution < 1.29 is 87.8 Å². The van der Waals surface area contributed by atoms with Crippen molar-refractivity contribution in [3.05, 3.63) is 0 Å². The van der Waals surface area contributed by atoms with E-state index in [2.05, 4.69) is 0 Å². The fraction of sp³-hybridized carbons (Fsp3) is 1.00. The van der Waals surface area contributed by atoms with E-state index in [-0.39, 0.29) is 6.92 Å². The van der Waals surface area contributed by atoms with Crippen LogP contribution < -0.4 is 0 Å². The van der Waals surface area contributed by atoms with Crippen molar-refractivity contribution in [2.24, 2.45) is 0 Å². The number of alkyl halides is 20. The van der Waals surface area contributed by atoms with Gasteiger partial charge in [0.15, 0.2) is 0 Å². The monoisotopic (exact) mass is 562 g/mol. The van der Waals surface area contributed by atoms with Gasteiger partial charge in [-0.05, 0) is 0 Å². The second-order valence-corrected chi connectivity index (χ2v) is 6.76. The highest BCUT2D eigenvalue weighted by atomic mass is 32.1. The number of rotatable bonds is 10. The molecule has 0 aliphatic rings. The van der Waals surface area contributed by atoms with Crippen LogP contribution in [-0.4, -0.2) is 58.6 Å². The molecule has 0 nitrogen and oxygen atoms in total. The van der Waals surface area contributed by atoms with Crippen molar-refractivity contribution in [1.82, 2.24) is 0 Å². The molecule has 0 saturated carbocycles. The molecule has 0 saturated heterocycles. The molecule has 33 heavy (non-hydrogen) atoms. The van der Waals surface area contributed by atoms with Crippen molar-refractivity contribution in [2.75, 3.05) is 0 Å². The van der Waals surface area contributed by atoms with Crippen LogP contribution >= 0.6 is 12.6 Å². The lowest BCUT2D eigenvalue weighted by Crippen LogP contribution is -2.76. The Morgan fingerprint density at radius 3 is 0.727 bits per heavy atom. The zero-order valence-electron chi connectivity index (χ0n) is 14.7. The number of hydrogen-bond donors (Lipinski definition) is 1. The Labute approximate surface area is 173 Å². The summed E-state index contributed by atoms with van der Waals surface area (Å²) in [7, 11) is 0. The second-order valence-electron chi connectivity index (χ2n) is 6.19. The molecule has 0 aromatic rings. The first-order chi connectivity index (χ1) is 13.8. The molecule has 0 aromatic carbocycles. The van der Waals surface area contributed by atoms with Gasteiger partial charge in [-0.2, -0.15) is 87.8 Å². The highest BCUT2D eigenvalue weighted by Gasteiger charge is 2.97. The lowest BCUT2D eigenvalue weighted by molar-refractivity contribution is -0.466. The summed E-state index contributed by atoms with van der Waals surface area (Å²) in [6, 6.07) is 0. The Morgan fingerprint density at radius 1 is 0.364 bits per heavy atom. The Morgan fingerprint density at radius 2 is 0.545 bits per heavy atom. The quantitative estimate of drug-likeness (QED) is 0.206. The maximum Gasteiger partial charge on any atom is 0.387 e. The van der Waals surface area contributed by atoms with Gasteiger partial charge in [0.25, 0.3) is 0 Å². The summed E-state index contributed by atoms with van der Waals surface area (Å²) in [4.78, 5) is 0. The van der Waals surface area contributed by atoms with Crippen LogP contribution in [0.25, 0.3) is 0 Å². The molecule has 21 heteroatoms. The van der Waals surface area contributed by atoms with Gasteiger partial charge in [-0.25, -0.2) is 0 Å². The van der Waals surface area contributed by atoms with Crippen LogP contribution in [0.5, 0.6) is 0 Å². The predicted octanol–water partition coefficient (Wildman–Crippen LogP) is 7.64. The Hall–Kier alpha value is -1.05. The molecule has 0 radical (unpaired) electrons. The van der Waals surface area contributed by atoms with Crippen molar-refractivity contribution >= 4 is 12.6 Å². The van der Waals surface area contributed by atoms with Crippen LogP contribution in [0.1, 0.15) is 13.3 Å². The van der Waals surface area contributed by atoms with E-state index in [1.807, 2.05) is 0 Å². The van der Waals surface area contributed by atoms with Gasteiger partial charge in [0.05, 0.1) is 0 Å². The molecule has 0 spiro atoms. The molecule has 0 heterocycles. The van der Waals surface area contributed by atoms with Crippen molar-refractivity contribution in [1.29, 1.82) is 0 Å². The molecule has 0 amide bonds. The third-order valence-electron chi connectivity index (χ3n) is 4.04. The van der Waals surface area contributed by atoms with Crippen LogP contribution in [-0.2, 0) is 0 Å². The van der Waals surface area contributed by atoms with Crippen LogP contribution in [0.3, 0.4) is 0 Å². The molecular formula is C12H6F20S. The fourth-order valence-electron chi connectivity index (χ4n) is 1.82. The molecule has 0 N–H and O–H groups in total. The molecule has 0 fully saturated rings. The van der Waals surface area contributed by atoms with E-state index in [1.54, 1.807) is 0 Å². The zero-order chi connectivity index (χ0) is 27.7. The average molecular weight is 562 g/mol. The van der Waals surface area contributed by atoms with Gasteiger partial charge in [0.1, 0.15) is 0 Å². The van der Waals surface area contributed by atoms with Gasteiger partial charge in [-0.3, -0.25) is 0 Å². The number of halogens is 20. The summed E-state index contributed by atoms with van der Waals surface area (Å²) in [5.74, 6) is -74.7. The third kappa shape index (κ3) is 3.77. The summed E-state index contributed by atoms with van der Waals surface area (Å²) in [6.07, 6.45) is -2.59. The van der Waals surface area contributed by atoms with Crippen molar-refractivity contribution in [3.63, 3.8) is 0 Å². The van der Waals surface area contributed by atoms with Crippen molar-refractivity contribution in [2.45, 2.75) is 71.9 Å². The van der Waals surface area contributed by atoms with Gasteiger partial charge in [0, 0.05) is 6.42 Å². The molecule has 0 unspecified atom stereocenters. The first-order valence-electron chi connectivity index (χ1n) is 7.31. The number of hydrogen-bond acceptors (Lipinski definition) is 1. The highest BCUT2D eigenvalue weighted by molar-refractivity contribution is 7.81. The molecule has 0 bridgehead atoms. The van der Waals surface area contributed by atoms with E-state index < -0.39 is 65.0 Å². The molecule has 0 aromatic heterocycles. The summed E-state index contributed by atoms with van der Waals surface area (Å²) in [6.45, 7) is -0.163. The van der Waals surface area contributed by atoms with Crippen LogP contribution in [0.2, 0.25) is 0 Å². The lowest BCUT2D eigenvalue weighted by atomic mass is 9.86. The highest BCUT2D eigenvalue weighted by Crippen LogP contribution is 2.66. The zero-order valence-corrected chi connectivity index (χ0v) is 15.6. The van der Waals surface area contributed by atoms with E-state index in [0.29, 0.717) is 0 Å². The molecule has 200 valence electrons. The summed E-state index contributed by atoms with van der Waals surface area (Å²) < 4.78 is 262. The van der Waals surface area contributed by atoms with E-state index in [9.17, 15) is 87.8 Å².